The van der Waals surface area contributed by atoms with Crippen LogP contribution in [0.4, 0.5) is 0 Å². The molecule has 18 heavy (non-hydrogen) atoms. The van der Waals surface area contributed by atoms with Gasteiger partial charge in [-0.15, -0.1) is 10.2 Å². The van der Waals surface area contributed by atoms with Crippen molar-refractivity contribution in [2.45, 2.75) is 38.0 Å². The minimum Gasteiger partial charge on any atom is -0.420 e. The van der Waals surface area contributed by atoms with Crippen molar-refractivity contribution >= 4 is 11.6 Å². The Morgan fingerprint density at radius 3 is 2.72 bits per heavy atom. The Morgan fingerprint density at radius 1 is 1.11 bits per heavy atom. The molecule has 1 heterocycles. The molecule has 0 radical (unpaired) electrons. The maximum absolute atomic E-state index is 5.96. The Bertz CT molecular complexity index is 532. The van der Waals surface area contributed by atoms with Crippen LogP contribution in [0, 0.1) is 0 Å². The van der Waals surface area contributed by atoms with Gasteiger partial charge in [0.15, 0.2) is 0 Å². The lowest BCUT2D eigenvalue weighted by Gasteiger charge is -2.17. The SMILES string of the molecule is Clc1cccc(-c2nnc(C3CCCCC3)o2)c1. The first-order chi connectivity index (χ1) is 8.83. The molecule has 0 saturated heterocycles. The molecule has 0 bridgehead atoms. The highest BCUT2D eigenvalue weighted by molar-refractivity contribution is 6.30. The summed E-state index contributed by atoms with van der Waals surface area (Å²) in [6, 6.07) is 7.51. The van der Waals surface area contributed by atoms with Crippen LogP contribution in [0.25, 0.3) is 11.5 Å². The third-order valence-electron chi connectivity index (χ3n) is 3.47. The molecule has 1 aliphatic rings. The van der Waals surface area contributed by atoms with Crippen molar-refractivity contribution in [3.8, 4) is 11.5 Å². The summed E-state index contributed by atoms with van der Waals surface area (Å²) in [7, 11) is 0. The monoisotopic (exact) mass is 262 g/mol. The predicted octanol–water partition coefficient (Wildman–Crippen LogP) is 4.44. The lowest BCUT2D eigenvalue weighted by Crippen LogP contribution is -2.04. The molecule has 0 N–H and O–H groups in total. The summed E-state index contributed by atoms with van der Waals surface area (Å²) in [4.78, 5) is 0. The van der Waals surface area contributed by atoms with E-state index in [2.05, 4.69) is 10.2 Å². The van der Waals surface area contributed by atoms with Crippen LogP contribution in [-0.2, 0) is 0 Å². The second-order valence-electron chi connectivity index (χ2n) is 4.79. The Labute approximate surface area is 111 Å². The van der Waals surface area contributed by atoms with Gasteiger partial charge in [-0.3, -0.25) is 0 Å². The molecule has 3 nitrogen and oxygen atoms in total. The lowest BCUT2D eigenvalue weighted by atomic mass is 9.89. The van der Waals surface area contributed by atoms with Crippen LogP contribution in [0.3, 0.4) is 0 Å². The van der Waals surface area contributed by atoms with Crippen molar-refractivity contribution in [1.29, 1.82) is 0 Å². The summed E-state index contributed by atoms with van der Waals surface area (Å²) in [6.07, 6.45) is 6.18. The molecule has 0 atom stereocenters. The van der Waals surface area contributed by atoms with E-state index in [1.54, 1.807) is 0 Å². The first kappa shape index (κ1) is 11.7. The molecule has 1 aliphatic carbocycles. The Morgan fingerprint density at radius 2 is 1.94 bits per heavy atom. The van der Waals surface area contributed by atoms with E-state index in [-0.39, 0.29) is 0 Å². The molecule has 1 fully saturated rings. The Kier molecular flexibility index (Phi) is 3.33. The molecular weight excluding hydrogens is 248 g/mol. The van der Waals surface area contributed by atoms with Crippen LogP contribution < -0.4 is 0 Å². The van der Waals surface area contributed by atoms with E-state index in [1.807, 2.05) is 24.3 Å². The van der Waals surface area contributed by atoms with Gasteiger partial charge < -0.3 is 4.42 Å². The first-order valence-electron chi connectivity index (χ1n) is 6.42. The van der Waals surface area contributed by atoms with Crippen LogP contribution in [0.5, 0.6) is 0 Å². The summed E-state index contributed by atoms with van der Waals surface area (Å²) < 4.78 is 5.78. The molecule has 3 rings (SSSR count). The molecule has 0 aliphatic heterocycles. The van der Waals surface area contributed by atoms with Gasteiger partial charge in [0, 0.05) is 16.5 Å². The number of hydrogen-bond donors (Lipinski definition) is 0. The third-order valence-corrected chi connectivity index (χ3v) is 3.70. The van der Waals surface area contributed by atoms with Crippen LogP contribution in [0.15, 0.2) is 28.7 Å². The van der Waals surface area contributed by atoms with Crippen LogP contribution >= 0.6 is 11.6 Å². The van der Waals surface area contributed by atoms with Crippen LogP contribution in [-0.4, -0.2) is 10.2 Å². The van der Waals surface area contributed by atoms with Crippen LogP contribution in [0.1, 0.15) is 43.9 Å². The average molecular weight is 263 g/mol. The van der Waals surface area contributed by atoms with E-state index in [0.717, 1.165) is 24.3 Å². The molecule has 1 aromatic heterocycles. The van der Waals surface area contributed by atoms with Crippen molar-refractivity contribution in [2.24, 2.45) is 0 Å². The second kappa shape index (κ2) is 5.11. The normalized spacial score (nSPS) is 16.9. The van der Waals surface area contributed by atoms with Gasteiger partial charge in [0.05, 0.1) is 0 Å². The average Bonchev–Trinajstić information content (AvgIpc) is 2.89. The number of aromatic nitrogens is 2. The maximum atomic E-state index is 5.96. The molecule has 4 heteroatoms. The Hall–Kier alpha value is -1.35. The van der Waals surface area contributed by atoms with Crippen molar-refractivity contribution in [2.75, 3.05) is 0 Å². The number of benzene rings is 1. The summed E-state index contributed by atoms with van der Waals surface area (Å²) >= 11 is 5.96. The maximum Gasteiger partial charge on any atom is 0.247 e. The highest BCUT2D eigenvalue weighted by Crippen LogP contribution is 2.33. The molecule has 2 aromatic rings. The highest BCUT2D eigenvalue weighted by atomic mass is 35.5. The fraction of sp³-hybridized carbons (Fsp3) is 0.429. The number of halogens is 1. The molecule has 0 amide bonds. The quantitative estimate of drug-likeness (QED) is 0.803. The summed E-state index contributed by atoms with van der Waals surface area (Å²) in [5.41, 5.74) is 0.886. The van der Waals surface area contributed by atoms with Gasteiger partial charge in [0.1, 0.15) is 0 Å². The topological polar surface area (TPSA) is 38.9 Å². The fourth-order valence-electron chi connectivity index (χ4n) is 2.49. The zero-order chi connectivity index (χ0) is 12.4. The van der Waals surface area contributed by atoms with Crippen molar-refractivity contribution < 1.29 is 4.42 Å². The summed E-state index contributed by atoms with van der Waals surface area (Å²) in [6.45, 7) is 0. The van der Waals surface area contributed by atoms with Gasteiger partial charge in [-0.25, -0.2) is 0 Å². The zero-order valence-electron chi connectivity index (χ0n) is 10.1. The van der Waals surface area contributed by atoms with Crippen molar-refractivity contribution in [3.63, 3.8) is 0 Å². The van der Waals surface area contributed by atoms with Crippen molar-refractivity contribution in [3.05, 3.63) is 35.2 Å². The largest absolute Gasteiger partial charge is 0.420 e. The third kappa shape index (κ3) is 2.41. The summed E-state index contributed by atoms with van der Waals surface area (Å²) in [5.74, 6) is 1.79. The Balaban J connectivity index is 1.84. The molecule has 94 valence electrons. The molecule has 1 saturated carbocycles. The number of nitrogens with zero attached hydrogens (tertiary/aromatic N) is 2. The molecule has 1 aromatic carbocycles. The second-order valence-corrected chi connectivity index (χ2v) is 5.23. The molecule has 0 unspecified atom stereocenters. The van der Waals surface area contributed by atoms with Crippen molar-refractivity contribution in [1.82, 2.24) is 10.2 Å². The van der Waals surface area contributed by atoms with E-state index < -0.39 is 0 Å². The lowest BCUT2D eigenvalue weighted by molar-refractivity contribution is 0.367. The molecule has 0 spiro atoms. The minimum atomic E-state index is 0.444. The first-order valence-corrected chi connectivity index (χ1v) is 6.80. The molecular formula is C14H15ClN2O. The number of rotatable bonds is 2. The van der Waals surface area contributed by atoms with E-state index in [4.69, 9.17) is 16.0 Å². The van der Waals surface area contributed by atoms with Gasteiger partial charge in [-0.1, -0.05) is 36.9 Å². The smallest absolute Gasteiger partial charge is 0.247 e. The van der Waals surface area contributed by atoms with E-state index in [0.29, 0.717) is 16.8 Å². The fourth-order valence-corrected chi connectivity index (χ4v) is 2.68. The predicted molar refractivity (Wildman–Crippen MR) is 70.6 cm³/mol. The minimum absolute atomic E-state index is 0.444. The van der Waals surface area contributed by atoms with Gasteiger partial charge >= 0.3 is 0 Å². The zero-order valence-corrected chi connectivity index (χ0v) is 10.9. The van der Waals surface area contributed by atoms with Gasteiger partial charge in [0.25, 0.3) is 0 Å². The summed E-state index contributed by atoms with van der Waals surface area (Å²) in [5, 5.41) is 9.00. The van der Waals surface area contributed by atoms with Gasteiger partial charge in [-0.05, 0) is 31.0 Å². The van der Waals surface area contributed by atoms with E-state index in [9.17, 15) is 0 Å². The van der Waals surface area contributed by atoms with Gasteiger partial charge in [-0.2, -0.15) is 0 Å². The van der Waals surface area contributed by atoms with Gasteiger partial charge in [0.2, 0.25) is 11.8 Å². The standard InChI is InChI=1S/C14H15ClN2O/c15-12-8-4-7-11(9-12)14-17-16-13(18-14)10-5-2-1-3-6-10/h4,7-10H,1-3,5-6H2. The highest BCUT2D eigenvalue weighted by Gasteiger charge is 2.21. The van der Waals surface area contributed by atoms with Crippen LogP contribution in [0.2, 0.25) is 5.02 Å². The van der Waals surface area contributed by atoms with E-state index in [1.165, 1.54) is 19.3 Å². The van der Waals surface area contributed by atoms with E-state index >= 15 is 0 Å². The number of hydrogen-bond acceptors (Lipinski definition) is 3.